The molecule has 1 atom stereocenters. The lowest BCUT2D eigenvalue weighted by atomic mass is 9.95. The van der Waals surface area contributed by atoms with E-state index in [1.165, 1.54) is 14.2 Å². The van der Waals surface area contributed by atoms with Gasteiger partial charge in [0.25, 0.3) is 0 Å². The van der Waals surface area contributed by atoms with Gasteiger partial charge in [-0.3, -0.25) is 4.79 Å². The molecule has 1 unspecified atom stereocenters. The first-order valence-corrected chi connectivity index (χ1v) is 6.70. The Kier molecular flexibility index (Phi) is 6.13. The van der Waals surface area contributed by atoms with E-state index in [0.29, 0.717) is 27.2 Å². The van der Waals surface area contributed by atoms with Crippen molar-refractivity contribution in [3.05, 3.63) is 27.2 Å². The van der Waals surface area contributed by atoms with Crippen molar-refractivity contribution in [1.82, 2.24) is 0 Å². The molecule has 6 heteroatoms. The molecule has 0 heterocycles. The van der Waals surface area contributed by atoms with Gasteiger partial charge in [0.05, 0.1) is 35.7 Å². The summed E-state index contributed by atoms with van der Waals surface area (Å²) in [6, 6.07) is 5.66. The van der Waals surface area contributed by atoms with E-state index in [2.05, 4.69) is 26.7 Å². The molecule has 0 amide bonds. The molecular formula is C13H13BrClNO3. The molecule has 0 N–H and O–H groups in total. The predicted octanol–water partition coefficient (Wildman–Crippen LogP) is 3.67. The molecule has 0 aliphatic carbocycles. The largest absolute Gasteiger partial charge is 0.494 e. The number of nitrogens with zero attached hydrogens (tertiary/aromatic N) is 1. The van der Waals surface area contributed by atoms with Gasteiger partial charge in [-0.1, -0.05) is 17.7 Å². The fourth-order valence-electron chi connectivity index (χ4n) is 1.66. The smallest absolute Gasteiger partial charge is 0.305 e. The van der Waals surface area contributed by atoms with Crippen LogP contribution in [-0.2, 0) is 9.53 Å². The Bertz CT molecular complexity index is 513. The maximum atomic E-state index is 11.1. The van der Waals surface area contributed by atoms with Crippen LogP contribution in [0, 0.1) is 11.3 Å². The standard InChI is InChI=1S/C13H13BrClNO3/c1-18-11(17)6-3-8(7-16)9-4-5-10(14)13(19-2)12(9)15/h4-5,8H,3,6H2,1-2H3. The summed E-state index contributed by atoms with van der Waals surface area (Å²) in [5.41, 5.74) is 0.646. The van der Waals surface area contributed by atoms with Crippen LogP contribution in [0.1, 0.15) is 24.3 Å². The molecule has 4 nitrogen and oxygen atoms in total. The maximum Gasteiger partial charge on any atom is 0.305 e. The second kappa shape index (κ2) is 7.37. The van der Waals surface area contributed by atoms with Gasteiger partial charge in [0, 0.05) is 6.42 Å². The van der Waals surface area contributed by atoms with Crippen LogP contribution in [0.15, 0.2) is 16.6 Å². The number of methoxy groups -OCH3 is 2. The summed E-state index contributed by atoms with van der Waals surface area (Å²) in [6.07, 6.45) is 0.525. The van der Waals surface area contributed by atoms with E-state index in [9.17, 15) is 10.1 Å². The monoisotopic (exact) mass is 345 g/mol. The van der Waals surface area contributed by atoms with Crippen molar-refractivity contribution < 1.29 is 14.3 Å². The number of rotatable bonds is 5. The van der Waals surface area contributed by atoms with E-state index in [-0.39, 0.29) is 12.4 Å². The molecule has 0 fully saturated rings. The quantitative estimate of drug-likeness (QED) is 0.763. The Balaban J connectivity index is 3.00. The van der Waals surface area contributed by atoms with Crippen molar-refractivity contribution in [3.63, 3.8) is 0 Å². The number of esters is 1. The summed E-state index contributed by atoms with van der Waals surface area (Å²) in [4.78, 5) is 11.1. The fraction of sp³-hybridized carbons (Fsp3) is 0.385. The minimum Gasteiger partial charge on any atom is -0.494 e. The van der Waals surface area contributed by atoms with Crippen LogP contribution in [0.5, 0.6) is 5.75 Å². The molecule has 0 saturated carbocycles. The third-order valence-electron chi connectivity index (χ3n) is 2.68. The molecule has 0 saturated heterocycles. The molecule has 1 aromatic carbocycles. The number of carbonyl (C=O) groups is 1. The summed E-state index contributed by atoms with van der Waals surface area (Å²) in [7, 11) is 2.82. The number of ether oxygens (including phenoxy) is 2. The summed E-state index contributed by atoms with van der Waals surface area (Å²) in [5, 5.41) is 9.59. The molecular weight excluding hydrogens is 334 g/mol. The van der Waals surface area contributed by atoms with Gasteiger partial charge < -0.3 is 9.47 Å². The number of hydrogen-bond acceptors (Lipinski definition) is 4. The van der Waals surface area contributed by atoms with E-state index < -0.39 is 5.92 Å². The van der Waals surface area contributed by atoms with E-state index >= 15 is 0 Å². The first-order valence-electron chi connectivity index (χ1n) is 5.53. The van der Waals surface area contributed by atoms with Crippen molar-refractivity contribution >= 4 is 33.5 Å². The fourth-order valence-corrected chi connectivity index (χ4v) is 2.64. The Morgan fingerprint density at radius 2 is 2.21 bits per heavy atom. The van der Waals surface area contributed by atoms with Gasteiger partial charge in [0.2, 0.25) is 0 Å². The third-order valence-corrected chi connectivity index (χ3v) is 3.69. The second-order valence-electron chi connectivity index (χ2n) is 3.78. The van der Waals surface area contributed by atoms with Gasteiger partial charge in [-0.25, -0.2) is 0 Å². The number of nitriles is 1. The second-order valence-corrected chi connectivity index (χ2v) is 5.01. The molecule has 0 aromatic heterocycles. The van der Waals surface area contributed by atoms with E-state index in [4.69, 9.17) is 16.3 Å². The zero-order chi connectivity index (χ0) is 14.4. The summed E-state index contributed by atoms with van der Waals surface area (Å²) >= 11 is 9.53. The van der Waals surface area contributed by atoms with Crippen molar-refractivity contribution in [2.45, 2.75) is 18.8 Å². The summed E-state index contributed by atoms with van der Waals surface area (Å²) < 4.78 is 10.5. The predicted molar refractivity (Wildman–Crippen MR) is 75.3 cm³/mol. The molecule has 0 aliphatic heterocycles. The molecule has 0 bridgehead atoms. The molecule has 0 aliphatic rings. The topological polar surface area (TPSA) is 59.3 Å². The van der Waals surface area contributed by atoms with Gasteiger partial charge in [0.15, 0.2) is 5.75 Å². The van der Waals surface area contributed by atoms with E-state index in [0.717, 1.165) is 0 Å². The Hall–Kier alpha value is -1.25. The van der Waals surface area contributed by atoms with Gasteiger partial charge in [-0.15, -0.1) is 0 Å². The lowest BCUT2D eigenvalue weighted by Crippen LogP contribution is -2.05. The molecule has 0 spiro atoms. The highest BCUT2D eigenvalue weighted by atomic mass is 79.9. The minimum absolute atomic E-state index is 0.170. The highest BCUT2D eigenvalue weighted by Gasteiger charge is 2.20. The number of carbonyl (C=O) groups excluding carboxylic acids is 1. The molecule has 19 heavy (non-hydrogen) atoms. The lowest BCUT2D eigenvalue weighted by molar-refractivity contribution is -0.140. The first-order chi connectivity index (χ1) is 9.04. The van der Waals surface area contributed by atoms with Crippen LogP contribution >= 0.6 is 27.5 Å². The molecule has 1 rings (SSSR count). The Morgan fingerprint density at radius 1 is 1.53 bits per heavy atom. The summed E-state index contributed by atoms with van der Waals surface area (Å²) in [6.45, 7) is 0. The SMILES string of the molecule is COC(=O)CCC(C#N)c1ccc(Br)c(OC)c1Cl. The van der Waals surface area contributed by atoms with Crippen molar-refractivity contribution in [2.24, 2.45) is 0 Å². The maximum absolute atomic E-state index is 11.1. The third kappa shape index (κ3) is 3.85. The van der Waals surface area contributed by atoms with Crippen molar-refractivity contribution in [1.29, 1.82) is 5.26 Å². The Labute approximate surface area is 125 Å². The minimum atomic E-state index is -0.478. The highest BCUT2D eigenvalue weighted by Crippen LogP contribution is 2.39. The average molecular weight is 347 g/mol. The van der Waals surface area contributed by atoms with Crippen molar-refractivity contribution in [2.75, 3.05) is 14.2 Å². The molecule has 102 valence electrons. The average Bonchev–Trinajstić information content (AvgIpc) is 2.41. The van der Waals surface area contributed by atoms with Gasteiger partial charge in [0.1, 0.15) is 0 Å². The van der Waals surface area contributed by atoms with Crippen LogP contribution in [-0.4, -0.2) is 20.2 Å². The van der Waals surface area contributed by atoms with Gasteiger partial charge in [-0.2, -0.15) is 5.26 Å². The van der Waals surface area contributed by atoms with Crippen LogP contribution in [0.25, 0.3) is 0 Å². The van der Waals surface area contributed by atoms with Gasteiger partial charge >= 0.3 is 5.97 Å². The number of benzene rings is 1. The van der Waals surface area contributed by atoms with Crippen molar-refractivity contribution in [3.8, 4) is 11.8 Å². The van der Waals surface area contributed by atoms with Crippen LogP contribution in [0.3, 0.4) is 0 Å². The van der Waals surface area contributed by atoms with Crippen LogP contribution in [0.4, 0.5) is 0 Å². The lowest BCUT2D eigenvalue weighted by Gasteiger charge is -2.14. The van der Waals surface area contributed by atoms with E-state index in [1.54, 1.807) is 12.1 Å². The number of halogens is 2. The molecule has 1 aromatic rings. The Morgan fingerprint density at radius 3 is 2.74 bits per heavy atom. The highest BCUT2D eigenvalue weighted by molar-refractivity contribution is 9.10. The zero-order valence-corrected chi connectivity index (χ0v) is 12.9. The van der Waals surface area contributed by atoms with Crippen LogP contribution in [0.2, 0.25) is 5.02 Å². The first kappa shape index (κ1) is 15.8. The molecule has 0 radical (unpaired) electrons. The summed E-state index contributed by atoms with van der Waals surface area (Å²) in [5.74, 6) is -0.341. The number of hydrogen-bond donors (Lipinski definition) is 0. The zero-order valence-electron chi connectivity index (χ0n) is 10.6. The normalized spacial score (nSPS) is 11.5. The van der Waals surface area contributed by atoms with E-state index in [1.807, 2.05) is 0 Å². The van der Waals surface area contributed by atoms with Gasteiger partial charge in [-0.05, 0) is 34.0 Å². The van der Waals surface area contributed by atoms with Crippen LogP contribution < -0.4 is 4.74 Å².